The van der Waals surface area contributed by atoms with E-state index in [0.717, 1.165) is 5.56 Å². The van der Waals surface area contributed by atoms with E-state index in [1.165, 1.54) is 42.2 Å². The summed E-state index contributed by atoms with van der Waals surface area (Å²) in [7, 11) is 0. The number of carbonyl (C=O) groups excluding carboxylic acids is 2. The number of amides is 2. The van der Waals surface area contributed by atoms with E-state index in [4.69, 9.17) is 0 Å². The lowest BCUT2D eigenvalue weighted by atomic mass is 10.2. The molecule has 0 unspecified atom stereocenters. The van der Waals surface area contributed by atoms with E-state index >= 15 is 0 Å². The monoisotopic (exact) mass is 332 g/mol. The van der Waals surface area contributed by atoms with Crippen LogP contribution >= 0.6 is 0 Å². The molecule has 2 aromatic rings. The molecular formula is C18H18F2N2O2. The number of benzene rings is 2. The highest BCUT2D eigenvalue weighted by molar-refractivity contribution is 5.91. The normalized spacial score (nSPS) is 10.3. The van der Waals surface area contributed by atoms with Gasteiger partial charge in [0.1, 0.15) is 11.6 Å². The molecule has 0 radical (unpaired) electrons. The van der Waals surface area contributed by atoms with Crippen molar-refractivity contribution in [2.24, 2.45) is 0 Å². The molecule has 2 aromatic carbocycles. The van der Waals surface area contributed by atoms with E-state index in [1.807, 2.05) is 0 Å². The Bertz CT molecular complexity index is 717. The molecule has 0 bridgehead atoms. The van der Waals surface area contributed by atoms with Gasteiger partial charge in [-0.2, -0.15) is 0 Å². The van der Waals surface area contributed by atoms with Crippen LogP contribution in [0.1, 0.15) is 18.9 Å². The summed E-state index contributed by atoms with van der Waals surface area (Å²) in [6.07, 6.45) is 0.0368. The van der Waals surface area contributed by atoms with E-state index in [9.17, 15) is 18.4 Å². The third-order valence-electron chi connectivity index (χ3n) is 3.49. The minimum Gasteiger partial charge on any atom is -0.338 e. The Morgan fingerprint density at radius 3 is 2.33 bits per heavy atom. The lowest BCUT2D eigenvalue weighted by Gasteiger charge is -2.21. The van der Waals surface area contributed by atoms with Crippen molar-refractivity contribution in [3.63, 3.8) is 0 Å². The maximum atomic E-state index is 13.5. The molecule has 0 atom stereocenters. The highest BCUT2D eigenvalue weighted by atomic mass is 19.1. The van der Waals surface area contributed by atoms with Crippen molar-refractivity contribution in [3.05, 3.63) is 65.7 Å². The van der Waals surface area contributed by atoms with Gasteiger partial charge < -0.3 is 10.2 Å². The molecule has 1 N–H and O–H groups in total. The van der Waals surface area contributed by atoms with Crippen molar-refractivity contribution in [2.45, 2.75) is 19.9 Å². The Hall–Kier alpha value is -2.76. The zero-order valence-electron chi connectivity index (χ0n) is 13.3. The van der Waals surface area contributed by atoms with Crippen molar-refractivity contribution < 1.29 is 18.4 Å². The highest BCUT2D eigenvalue weighted by Crippen LogP contribution is 2.13. The first-order chi connectivity index (χ1) is 11.5. The van der Waals surface area contributed by atoms with Crippen LogP contribution in [0.15, 0.2) is 48.5 Å². The molecule has 0 spiro atoms. The smallest absolute Gasteiger partial charge is 0.226 e. The molecule has 0 fully saturated rings. The summed E-state index contributed by atoms with van der Waals surface area (Å²) < 4.78 is 26.4. The fraction of sp³-hybridized carbons (Fsp3) is 0.222. The second kappa shape index (κ2) is 8.19. The highest BCUT2D eigenvalue weighted by Gasteiger charge is 2.13. The minimum atomic E-state index is -0.513. The van der Waals surface area contributed by atoms with Crippen LogP contribution in [0, 0.1) is 11.6 Å². The van der Waals surface area contributed by atoms with E-state index in [2.05, 4.69) is 5.32 Å². The summed E-state index contributed by atoms with van der Waals surface area (Å²) in [6.45, 7) is 1.87. The van der Waals surface area contributed by atoms with Gasteiger partial charge in [0.15, 0.2) is 0 Å². The number of para-hydroxylation sites is 1. The van der Waals surface area contributed by atoms with Crippen molar-refractivity contribution in [1.29, 1.82) is 0 Å². The van der Waals surface area contributed by atoms with Gasteiger partial charge >= 0.3 is 0 Å². The van der Waals surface area contributed by atoms with Crippen LogP contribution < -0.4 is 5.32 Å². The van der Waals surface area contributed by atoms with E-state index < -0.39 is 5.82 Å². The van der Waals surface area contributed by atoms with Gasteiger partial charge in [0.05, 0.1) is 5.69 Å². The summed E-state index contributed by atoms with van der Waals surface area (Å²) in [5.74, 6) is -1.44. The van der Waals surface area contributed by atoms with Crippen LogP contribution in [0.4, 0.5) is 14.5 Å². The fourth-order valence-corrected chi connectivity index (χ4v) is 2.17. The number of hydrogen-bond acceptors (Lipinski definition) is 2. The molecule has 6 heteroatoms. The summed E-state index contributed by atoms with van der Waals surface area (Å²) in [4.78, 5) is 25.1. The van der Waals surface area contributed by atoms with E-state index in [0.29, 0.717) is 0 Å². The molecule has 0 aliphatic carbocycles. The van der Waals surface area contributed by atoms with E-state index in [1.54, 1.807) is 18.2 Å². The molecule has 126 valence electrons. The molecule has 2 rings (SSSR count). The Balaban J connectivity index is 1.91. The lowest BCUT2D eigenvalue weighted by Crippen LogP contribution is -2.31. The van der Waals surface area contributed by atoms with Gasteiger partial charge in [-0.3, -0.25) is 9.59 Å². The minimum absolute atomic E-state index is 0.0368. The van der Waals surface area contributed by atoms with Crippen LogP contribution in [0.3, 0.4) is 0 Å². The standard InChI is InChI=1S/C18H18F2N2O2/c1-13(23)22(12-14-6-8-15(19)9-7-14)11-10-18(24)21-17-5-3-2-4-16(17)20/h2-9H,10-12H2,1H3,(H,21,24). The predicted molar refractivity (Wildman–Crippen MR) is 87.1 cm³/mol. The number of halogens is 2. The predicted octanol–water partition coefficient (Wildman–Crippen LogP) is 3.34. The lowest BCUT2D eigenvalue weighted by molar-refractivity contribution is -0.129. The number of anilines is 1. The number of carbonyl (C=O) groups is 2. The summed E-state index contributed by atoms with van der Waals surface area (Å²) in [5.41, 5.74) is 0.872. The zero-order chi connectivity index (χ0) is 17.5. The van der Waals surface area contributed by atoms with Gasteiger partial charge in [-0.1, -0.05) is 24.3 Å². The number of hydrogen-bond donors (Lipinski definition) is 1. The van der Waals surface area contributed by atoms with Gasteiger partial charge in [-0.25, -0.2) is 8.78 Å². The van der Waals surface area contributed by atoms with E-state index in [-0.39, 0.29) is 42.8 Å². The first-order valence-electron chi connectivity index (χ1n) is 7.50. The van der Waals surface area contributed by atoms with Crippen molar-refractivity contribution in [3.8, 4) is 0 Å². The molecule has 0 heterocycles. The molecule has 0 saturated carbocycles. The average Bonchev–Trinajstić information content (AvgIpc) is 2.55. The van der Waals surface area contributed by atoms with Gasteiger partial charge in [0, 0.05) is 26.4 Å². The average molecular weight is 332 g/mol. The van der Waals surface area contributed by atoms with Crippen LogP contribution in [0.5, 0.6) is 0 Å². The maximum Gasteiger partial charge on any atom is 0.226 e. The van der Waals surface area contributed by atoms with Crippen LogP contribution in [-0.4, -0.2) is 23.3 Å². The quantitative estimate of drug-likeness (QED) is 0.882. The van der Waals surface area contributed by atoms with Crippen LogP contribution in [-0.2, 0) is 16.1 Å². The number of nitrogens with one attached hydrogen (secondary N) is 1. The Kier molecular flexibility index (Phi) is 6.01. The summed E-state index contributed by atoms with van der Waals surface area (Å²) in [5, 5.41) is 2.47. The molecule has 0 saturated heterocycles. The van der Waals surface area contributed by atoms with Crippen molar-refractivity contribution in [1.82, 2.24) is 4.90 Å². The maximum absolute atomic E-state index is 13.5. The largest absolute Gasteiger partial charge is 0.338 e. The second-order valence-electron chi connectivity index (χ2n) is 5.35. The Morgan fingerprint density at radius 1 is 1.04 bits per heavy atom. The third-order valence-corrected chi connectivity index (χ3v) is 3.49. The first kappa shape index (κ1) is 17.6. The second-order valence-corrected chi connectivity index (χ2v) is 5.35. The molecule has 0 aliphatic heterocycles. The molecular weight excluding hydrogens is 314 g/mol. The summed E-state index contributed by atoms with van der Waals surface area (Å²) >= 11 is 0. The Labute approximate surface area is 139 Å². The zero-order valence-corrected chi connectivity index (χ0v) is 13.3. The van der Waals surface area contributed by atoms with Gasteiger partial charge in [-0.05, 0) is 29.8 Å². The summed E-state index contributed by atoms with van der Waals surface area (Å²) in [6, 6.07) is 11.7. The SMILES string of the molecule is CC(=O)N(CCC(=O)Nc1ccccc1F)Cc1ccc(F)cc1. The topological polar surface area (TPSA) is 49.4 Å². The van der Waals surface area contributed by atoms with Gasteiger partial charge in [0.25, 0.3) is 0 Å². The first-order valence-corrected chi connectivity index (χ1v) is 7.50. The molecule has 4 nitrogen and oxygen atoms in total. The van der Waals surface area contributed by atoms with Crippen LogP contribution in [0.25, 0.3) is 0 Å². The fourth-order valence-electron chi connectivity index (χ4n) is 2.17. The molecule has 0 aromatic heterocycles. The molecule has 0 aliphatic rings. The van der Waals surface area contributed by atoms with Crippen molar-refractivity contribution in [2.75, 3.05) is 11.9 Å². The van der Waals surface area contributed by atoms with Crippen LogP contribution in [0.2, 0.25) is 0 Å². The Morgan fingerprint density at radius 2 is 1.71 bits per heavy atom. The number of nitrogens with zero attached hydrogens (tertiary/aromatic N) is 1. The number of rotatable bonds is 6. The van der Waals surface area contributed by atoms with Crippen molar-refractivity contribution >= 4 is 17.5 Å². The molecule has 24 heavy (non-hydrogen) atoms. The molecule has 2 amide bonds. The van der Waals surface area contributed by atoms with Gasteiger partial charge in [-0.15, -0.1) is 0 Å². The van der Waals surface area contributed by atoms with Gasteiger partial charge in [0.2, 0.25) is 11.8 Å². The third kappa shape index (κ3) is 5.15.